The third-order valence-corrected chi connectivity index (χ3v) is 3.87. The second-order valence-electron chi connectivity index (χ2n) is 5.31. The molecule has 0 spiro atoms. The SMILES string of the molecule is CNCc1cc(-c2ccc(C)c3ccccc23)ccc1F. The Morgan fingerprint density at radius 2 is 1.71 bits per heavy atom. The summed E-state index contributed by atoms with van der Waals surface area (Å²) in [6.45, 7) is 2.65. The fraction of sp³-hybridized carbons (Fsp3) is 0.158. The minimum absolute atomic E-state index is 0.162. The smallest absolute Gasteiger partial charge is 0.127 e. The molecule has 0 atom stereocenters. The zero-order valence-electron chi connectivity index (χ0n) is 12.3. The summed E-state index contributed by atoms with van der Waals surface area (Å²) in [5.74, 6) is -0.162. The summed E-state index contributed by atoms with van der Waals surface area (Å²) in [5, 5.41) is 5.46. The van der Waals surface area contributed by atoms with Gasteiger partial charge in [-0.1, -0.05) is 42.5 Å². The van der Waals surface area contributed by atoms with Crippen molar-refractivity contribution in [1.82, 2.24) is 5.32 Å². The van der Waals surface area contributed by atoms with Crippen LogP contribution in [-0.4, -0.2) is 7.05 Å². The summed E-state index contributed by atoms with van der Waals surface area (Å²) in [6, 6.07) is 17.9. The van der Waals surface area contributed by atoms with Gasteiger partial charge >= 0.3 is 0 Å². The minimum Gasteiger partial charge on any atom is -0.316 e. The highest BCUT2D eigenvalue weighted by atomic mass is 19.1. The Hall–Kier alpha value is -2.19. The van der Waals surface area contributed by atoms with Gasteiger partial charge in [-0.25, -0.2) is 4.39 Å². The van der Waals surface area contributed by atoms with Crippen LogP contribution in [0.15, 0.2) is 54.6 Å². The van der Waals surface area contributed by atoms with Crippen LogP contribution in [-0.2, 0) is 6.54 Å². The third kappa shape index (κ3) is 2.55. The highest BCUT2D eigenvalue weighted by molar-refractivity contribution is 5.98. The first-order chi connectivity index (χ1) is 10.2. The Kier molecular flexibility index (Phi) is 3.72. The van der Waals surface area contributed by atoms with Gasteiger partial charge in [0.2, 0.25) is 0 Å². The summed E-state index contributed by atoms with van der Waals surface area (Å²) in [5.41, 5.74) is 4.15. The Morgan fingerprint density at radius 1 is 0.952 bits per heavy atom. The average Bonchev–Trinajstić information content (AvgIpc) is 2.51. The van der Waals surface area contributed by atoms with Crippen LogP contribution in [0.3, 0.4) is 0 Å². The number of rotatable bonds is 3. The number of hydrogen-bond donors (Lipinski definition) is 1. The average molecular weight is 279 g/mol. The van der Waals surface area contributed by atoms with Gasteiger partial charge in [-0.05, 0) is 53.6 Å². The molecular weight excluding hydrogens is 261 g/mol. The lowest BCUT2D eigenvalue weighted by Crippen LogP contribution is -2.07. The molecule has 0 bridgehead atoms. The molecule has 1 N–H and O–H groups in total. The molecule has 0 aliphatic rings. The van der Waals surface area contributed by atoms with Crippen LogP contribution in [0.2, 0.25) is 0 Å². The molecule has 0 saturated heterocycles. The van der Waals surface area contributed by atoms with E-state index in [1.807, 2.05) is 25.2 Å². The zero-order chi connectivity index (χ0) is 14.8. The fourth-order valence-electron chi connectivity index (χ4n) is 2.77. The van der Waals surface area contributed by atoms with E-state index in [9.17, 15) is 4.39 Å². The zero-order valence-corrected chi connectivity index (χ0v) is 12.3. The first-order valence-corrected chi connectivity index (χ1v) is 7.12. The van der Waals surface area contributed by atoms with Crippen LogP contribution in [0, 0.1) is 12.7 Å². The number of hydrogen-bond acceptors (Lipinski definition) is 1. The summed E-state index contributed by atoms with van der Waals surface area (Å²) < 4.78 is 13.8. The molecule has 3 rings (SSSR count). The van der Waals surface area contributed by atoms with Gasteiger partial charge in [-0.3, -0.25) is 0 Å². The Morgan fingerprint density at radius 3 is 2.48 bits per heavy atom. The highest BCUT2D eigenvalue weighted by Crippen LogP contribution is 2.31. The van der Waals surface area contributed by atoms with E-state index in [1.165, 1.54) is 16.3 Å². The lowest BCUT2D eigenvalue weighted by Gasteiger charge is -2.11. The molecule has 0 radical (unpaired) electrons. The second-order valence-corrected chi connectivity index (χ2v) is 5.31. The van der Waals surface area contributed by atoms with E-state index >= 15 is 0 Å². The topological polar surface area (TPSA) is 12.0 Å². The molecule has 21 heavy (non-hydrogen) atoms. The van der Waals surface area contributed by atoms with Crippen molar-refractivity contribution >= 4 is 10.8 Å². The van der Waals surface area contributed by atoms with Crippen LogP contribution in [0.5, 0.6) is 0 Å². The van der Waals surface area contributed by atoms with Crippen LogP contribution < -0.4 is 5.32 Å². The normalized spacial score (nSPS) is 11.0. The van der Waals surface area contributed by atoms with Gasteiger partial charge in [0.05, 0.1) is 0 Å². The van der Waals surface area contributed by atoms with E-state index in [2.05, 4.69) is 42.6 Å². The number of benzene rings is 3. The maximum Gasteiger partial charge on any atom is 0.127 e. The van der Waals surface area contributed by atoms with Crippen molar-refractivity contribution in [2.24, 2.45) is 0 Å². The first-order valence-electron chi connectivity index (χ1n) is 7.12. The van der Waals surface area contributed by atoms with Crippen LogP contribution in [0.25, 0.3) is 21.9 Å². The molecule has 3 aromatic carbocycles. The first kappa shape index (κ1) is 13.8. The molecule has 0 heterocycles. The second kappa shape index (κ2) is 5.66. The van der Waals surface area contributed by atoms with E-state index in [-0.39, 0.29) is 5.82 Å². The standard InChI is InChI=1S/C19H18FN/c1-13-7-9-17(18-6-4-3-5-16(13)18)14-8-10-19(20)15(11-14)12-21-2/h3-11,21H,12H2,1-2H3. The maximum atomic E-state index is 13.8. The van der Waals surface area contributed by atoms with Crippen molar-refractivity contribution in [2.45, 2.75) is 13.5 Å². The van der Waals surface area contributed by atoms with E-state index in [0.717, 1.165) is 11.1 Å². The van der Waals surface area contributed by atoms with Gasteiger partial charge in [-0.15, -0.1) is 0 Å². The maximum absolute atomic E-state index is 13.8. The number of fused-ring (bicyclic) bond motifs is 1. The Balaban J connectivity index is 2.21. The van der Waals surface area contributed by atoms with E-state index in [0.29, 0.717) is 12.1 Å². The van der Waals surface area contributed by atoms with Crippen LogP contribution in [0.4, 0.5) is 4.39 Å². The minimum atomic E-state index is -0.162. The molecule has 3 aromatic rings. The largest absolute Gasteiger partial charge is 0.316 e. The molecular formula is C19H18FN. The molecule has 1 nitrogen and oxygen atoms in total. The molecule has 0 aliphatic carbocycles. The molecule has 0 fully saturated rings. The monoisotopic (exact) mass is 279 g/mol. The predicted molar refractivity (Wildman–Crippen MR) is 86.8 cm³/mol. The van der Waals surface area contributed by atoms with E-state index < -0.39 is 0 Å². The predicted octanol–water partition coefficient (Wildman–Crippen LogP) is 4.67. The van der Waals surface area contributed by atoms with E-state index in [4.69, 9.17) is 0 Å². The number of halogens is 1. The van der Waals surface area contributed by atoms with Crippen molar-refractivity contribution in [3.05, 3.63) is 71.5 Å². The summed E-state index contributed by atoms with van der Waals surface area (Å²) in [6.07, 6.45) is 0. The van der Waals surface area contributed by atoms with Crippen LogP contribution in [0.1, 0.15) is 11.1 Å². The van der Waals surface area contributed by atoms with Crippen molar-refractivity contribution in [3.63, 3.8) is 0 Å². The van der Waals surface area contributed by atoms with Gasteiger partial charge in [0.15, 0.2) is 0 Å². The van der Waals surface area contributed by atoms with Crippen molar-refractivity contribution in [3.8, 4) is 11.1 Å². The molecule has 0 amide bonds. The fourth-order valence-corrected chi connectivity index (χ4v) is 2.77. The molecule has 0 unspecified atom stereocenters. The Labute approximate surface area is 124 Å². The molecule has 0 aromatic heterocycles. The third-order valence-electron chi connectivity index (χ3n) is 3.87. The number of nitrogens with one attached hydrogen (secondary N) is 1. The van der Waals surface area contributed by atoms with E-state index in [1.54, 1.807) is 6.07 Å². The molecule has 0 saturated carbocycles. The Bertz CT molecular complexity index is 793. The quantitative estimate of drug-likeness (QED) is 0.734. The van der Waals surface area contributed by atoms with Gasteiger partial charge in [0.25, 0.3) is 0 Å². The molecule has 0 aliphatic heterocycles. The van der Waals surface area contributed by atoms with Crippen molar-refractivity contribution in [1.29, 1.82) is 0 Å². The van der Waals surface area contributed by atoms with Crippen molar-refractivity contribution in [2.75, 3.05) is 7.05 Å². The van der Waals surface area contributed by atoms with Gasteiger partial charge in [-0.2, -0.15) is 0 Å². The summed E-state index contributed by atoms with van der Waals surface area (Å²) in [4.78, 5) is 0. The van der Waals surface area contributed by atoms with Gasteiger partial charge in [0.1, 0.15) is 5.82 Å². The summed E-state index contributed by atoms with van der Waals surface area (Å²) in [7, 11) is 1.83. The number of aryl methyl sites for hydroxylation is 1. The van der Waals surface area contributed by atoms with Crippen molar-refractivity contribution < 1.29 is 4.39 Å². The van der Waals surface area contributed by atoms with Crippen LogP contribution >= 0.6 is 0 Å². The van der Waals surface area contributed by atoms with Gasteiger partial charge < -0.3 is 5.32 Å². The summed E-state index contributed by atoms with van der Waals surface area (Å²) >= 11 is 0. The molecule has 106 valence electrons. The van der Waals surface area contributed by atoms with Gasteiger partial charge in [0, 0.05) is 12.1 Å². The molecule has 2 heteroatoms. The highest BCUT2D eigenvalue weighted by Gasteiger charge is 2.08. The lowest BCUT2D eigenvalue weighted by molar-refractivity contribution is 0.601. The lowest BCUT2D eigenvalue weighted by atomic mass is 9.94.